The number of hydrogen-bond acceptors (Lipinski definition) is 4. The molecule has 2 rings (SSSR count). The van der Waals surface area contributed by atoms with Gasteiger partial charge in [-0.05, 0) is 50.0 Å². The van der Waals surface area contributed by atoms with Crippen LogP contribution in [0.2, 0.25) is 0 Å². The molecule has 0 aliphatic carbocycles. The number of benzene rings is 1. The topological polar surface area (TPSA) is 39.7 Å². The van der Waals surface area contributed by atoms with Crippen molar-refractivity contribution < 1.29 is 14.2 Å². The Morgan fingerprint density at radius 2 is 2.05 bits per heavy atom. The Morgan fingerprint density at radius 3 is 2.95 bits per heavy atom. The highest BCUT2D eigenvalue weighted by atomic mass is 16.7. The lowest BCUT2D eigenvalue weighted by Crippen LogP contribution is -2.13. The molecule has 1 aliphatic rings. The third-order valence-electron chi connectivity index (χ3n) is 3.10. The van der Waals surface area contributed by atoms with Crippen molar-refractivity contribution in [3.63, 3.8) is 0 Å². The van der Waals surface area contributed by atoms with Crippen LogP contribution in [-0.4, -0.2) is 26.5 Å². The molecule has 0 bridgehead atoms. The van der Waals surface area contributed by atoms with Crippen LogP contribution >= 0.6 is 0 Å². The van der Waals surface area contributed by atoms with Crippen LogP contribution in [0.15, 0.2) is 18.2 Å². The number of nitrogens with one attached hydrogen (secondary N) is 1. The van der Waals surface area contributed by atoms with Crippen LogP contribution in [0, 0.1) is 0 Å². The van der Waals surface area contributed by atoms with Crippen molar-refractivity contribution in [3.05, 3.63) is 23.8 Å². The Morgan fingerprint density at radius 1 is 1.16 bits per heavy atom. The van der Waals surface area contributed by atoms with E-state index < -0.39 is 0 Å². The maximum atomic E-state index is 5.67. The summed E-state index contributed by atoms with van der Waals surface area (Å²) in [7, 11) is 0. The summed E-state index contributed by atoms with van der Waals surface area (Å²) in [4.78, 5) is 0. The number of hydrogen-bond donors (Lipinski definition) is 1. The van der Waals surface area contributed by atoms with E-state index in [0.717, 1.165) is 43.2 Å². The van der Waals surface area contributed by atoms with E-state index in [9.17, 15) is 0 Å². The molecule has 19 heavy (non-hydrogen) atoms. The minimum absolute atomic E-state index is 0.325. The fraction of sp³-hybridized carbons (Fsp3) is 0.600. The number of fused-ring (bicyclic) bond motifs is 1. The Labute approximate surface area is 115 Å². The van der Waals surface area contributed by atoms with E-state index in [1.54, 1.807) is 0 Å². The second kappa shape index (κ2) is 8.02. The van der Waals surface area contributed by atoms with Gasteiger partial charge >= 0.3 is 0 Å². The van der Waals surface area contributed by atoms with E-state index in [2.05, 4.69) is 12.2 Å². The third kappa shape index (κ3) is 4.73. The van der Waals surface area contributed by atoms with Gasteiger partial charge in [-0.25, -0.2) is 0 Å². The predicted octanol–water partition coefficient (Wildman–Crippen LogP) is 2.71. The molecule has 0 fully saturated rings. The molecule has 106 valence electrons. The summed E-state index contributed by atoms with van der Waals surface area (Å²) in [6, 6.07) is 5.96. The minimum Gasteiger partial charge on any atom is -0.454 e. The lowest BCUT2D eigenvalue weighted by molar-refractivity contribution is 0.116. The highest BCUT2D eigenvalue weighted by Gasteiger charge is 2.12. The molecule has 1 aromatic carbocycles. The average molecular weight is 265 g/mol. The Kier molecular flexibility index (Phi) is 5.98. The highest BCUT2D eigenvalue weighted by Crippen LogP contribution is 2.32. The van der Waals surface area contributed by atoms with Crippen molar-refractivity contribution in [2.75, 3.05) is 26.5 Å². The zero-order valence-electron chi connectivity index (χ0n) is 11.6. The van der Waals surface area contributed by atoms with Crippen molar-refractivity contribution in [1.82, 2.24) is 5.32 Å². The van der Waals surface area contributed by atoms with Crippen LogP contribution in [0.3, 0.4) is 0 Å². The van der Waals surface area contributed by atoms with E-state index >= 15 is 0 Å². The molecule has 0 unspecified atom stereocenters. The first-order chi connectivity index (χ1) is 9.40. The number of unbranched alkanes of at least 4 members (excludes halogenated alkanes) is 2. The third-order valence-corrected chi connectivity index (χ3v) is 3.10. The lowest BCUT2D eigenvalue weighted by Gasteiger charge is -2.06. The number of rotatable bonds is 9. The molecule has 0 aromatic heterocycles. The van der Waals surface area contributed by atoms with Gasteiger partial charge in [0, 0.05) is 6.61 Å². The van der Waals surface area contributed by atoms with Gasteiger partial charge in [0.2, 0.25) is 6.79 Å². The van der Waals surface area contributed by atoms with Gasteiger partial charge in [-0.3, -0.25) is 0 Å². The summed E-state index contributed by atoms with van der Waals surface area (Å²) < 4.78 is 16.3. The molecule has 0 saturated heterocycles. The zero-order valence-corrected chi connectivity index (χ0v) is 11.6. The van der Waals surface area contributed by atoms with E-state index in [1.165, 1.54) is 12.8 Å². The van der Waals surface area contributed by atoms with Gasteiger partial charge in [0.1, 0.15) is 0 Å². The SMILES string of the molecule is CCNCCCCCOCc1ccc2c(c1)OCO2. The second-order valence-electron chi connectivity index (χ2n) is 4.65. The van der Waals surface area contributed by atoms with Crippen LogP contribution < -0.4 is 14.8 Å². The zero-order chi connectivity index (χ0) is 13.3. The Hall–Kier alpha value is -1.26. The monoisotopic (exact) mass is 265 g/mol. The molecular formula is C15H23NO3. The molecule has 0 spiro atoms. The minimum atomic E-state index is 0.325. The first kappa shape index (κ1) is 14.2. The quantitative estimate of drug-likeness (QED) is 0.697. The fourth-order valence-corrected chi connectivity index (χ4v) is 2.03. The molecule has 1 heterocycles. The summed E-state index contributed by atoms with van der Waals surface area (Å²) in [6.07, 6.45) is 3.56. The van der Waals surface area contributed by atoms with Gasteiger partial charge in [-0.2, -0.15) is 0 Å². The standard InChI is InChI=1S/C15H23NO3/c1-2-16-8-4-3-5-9-17-11-13-6-7-14-15(10-13)19-12-18-14/h6-7,10,16H,2-5,8-9,11-12H2,1H3. The molecule has 1 aliphatic heterocycles. The summed E-state index contributed by atoms with van der Waals surface area (Å²) in [5, 5.41) is 3.32. The highest BCUT2D eigenvalue weighted by molar-refractivity contribution is 5.44. The fourth-order valence-electron chi connectivity index (χ4n) is 2.03. The summed E-state index contributed by atoms with van der Waals surface area (Å²) in [5.74, 6) is 1.65. The lowest BCUT2D eigenvalue weighted by atomic mass is 10.2. The average Bonchev–Trinajstić information content (AvgIpc) is 2.89. The van der Waals surface area contributed by atoms with Gasteiger partial charge in [0.05, 0.1) is 6.61 Å². The second-order valence-corrected chi connectivity index (χ2v) is 4.65. The van der Waals surface area contributed by atoms with Crippen LogP contribution in [0.25, 0.3) is 0 Å². The van der Waals surface area contributed by atoms with E-state index in [-0.39, 0.29) is 0 Å². The van der Waals surface area contributed by atoms with Gasteiger partial charge in [-0.1, -0.05) is 13.0 Å². The summed E-state index contributed by atoms with van der Waals surface area (Å²) >= 11 is 0. The van der Waals surface area contributed by atoms with Crippen LogP contribution in [0.1, 0.15) is 31.7 Å². The van der Waals surface area contributed by atoms with Crippen LogP contribution in [-0.2, 0) is 11.3 Å². The van der Waals surface area contributed by atoms with Gasteiger partial charge in [0.25, 0.3) is 0 Å². The van der Waals surface area contributed by atoms with E-state index in [1.807, 2.05) is 18.2 Å². The summed E-state index contributed by atoms with van der Waals surface area (Å²) in [5.41, 5.74) is 1.14. The molecule has 0 saturated carbocycles. The van der Waals surface area contributed by atoms with Gasteiger partial charge < -0.3 is 19.5 Å². The first-order valence-corrected chi connectivity index (χ1v) is 7.07. The molecule has 0 amide bonds. The molecule has 4 nitrogen and oxygen atoms in total. The van der Waals surface area contributed by atoms with Gasteiger partial charge in [-0.15, -0.1) is 0 Å². The maximum absolute atomic E-state index is 5.67. The van der Waals surface area contributed by atoms with Crippen molar-refractivity contribution in [2.45, 2.75) is 32.8 Å². The smallest absolute Gasteiger partial charge is 0.231 e. The van der Waals surface area contributed by atoms with Gasteiger partial charge in [0.15, 0.2) is 11.5 Å². The van der Waals surface area contributed by atoms with Crippen molar-refractivity contribution in [1.29, 1.82) is 0 Å². The molecule has 0 atom stereocenters. The maximum Gasteiger partial charge on any atom is 0.231 e. The largest absolute Gasteiger partial charge is 0.454 e. The van der Waals surface area contributed by atoms with Crippen molar-refractivity contribution in [2.24, 2.45) is 0 Å². The van der Waals surface area contributed by atoms with E-state index in [0.29, 0.717) is 13.4 Å². The van der Waals surface area contributed by atoms with Crippen molar-refractivity contribution >= 4 is 0 Å². The first-order valence-electron chi connectivity index (χ1n) is 7.07. The van der Waals surface area contributed by atoms with Crippen LogP contribution in [0.4, 0.5) is 0 Å². The molecule has 1 N–H and O–H groups in total. The normalized spacial score (nSPS) is 12.9. The Balaban J connectivity index is 1.56. The molecule has 1 aromatic rings. The van der Waals surface area contributed by atoms with Crippen molar-refractivity contribution in [3.8, 4) is 11.5 Å². The predicted molar refractivity (Wildman–Crippen MR) is 74.6 cm³/mol. The van der Waals surface area contributed by atoms with Crippen LogP contribution in [0.5, 0.6) is 11.5 Å². The molecule has 0 radical (unpaired) electrons. The summed E-state index contributed by atoms with van der Waals surface area (Å²) in [6.45, 7) is 6.09. The number of ether oxygens (including phenoxy) is 3. The molecular weight excluding hydrogens is 242 g/mol. The Bertz CT molecular complexity index is 382. The van der Waals surface area contributed by atoms with E-state index in [4.69, 9.17) is 14.2 Å². The molecule has 4 heteroatoms.